The zero-order valence-electron chi connectivity index (χ0n) is 6.70. The summed E-state index contributed by atoms with van der Waals surface area (Å²) in [5.41, 5.74) is -0.799. The molecule has 1 rings (SSSR count). The van der Waals surface area contributed by atoms with E-state index < -0.39 is 18.3 Å². The van der Waals surface area contributed by atoms with E-state index >= 15 is 0 Å². The van der Waals surface area contributed by atoms with Crippen LogP contribution in [0.3, 0.4) is 0 Å². The molecule has 1 nitrogen and oxygen atoms in total. The van der Waals surface area contributed by atoms with Crippen molar-refractivity contribution in [1.82, 2.24) is 0 Å². The third-order valence-corrected chi connectivity index (χ3v) is 2.85. The molecule has 78 valence electrons. The Balaban J connectivity index is 3.40. The molecule has 1 aromatic carbocycles. The predicted octanol–water partition coefficient (Wildman–Crippen LogP) is 3.61. The van der Waals surface area contributed by atoms with Gasteiger partial charge in [-0.2, -0.15) is 13.2 Å². The van der Waals surface area contributed by atoms with E-state index in [0.29, 0.717) is 0 Å². The molecule has 1 N–H and O–H groups in total. The second-order valence-corrected chi connectivity index (χ2v) is 3.75. The van der Waals surface area contributed by atoms with Crippen molar-refractivity contribution in [2.45, 2.75) is 12.8 Å². The first kappa shape index (κ1) is 11.8. The van der Waals surface area contributed by atoms with E-state index in [2.05, 4.69) is 15.9 Å². The molecule has 0 atom stereocenters. The summed E-state index contributed by atoms with van der Waals surface area (Å²) in [5, 5.41) is 8.37. The summed E-state index contributed by atoms with van der Waals surface area (Å²) >= 11 is 8.18. The Hall–Kier alpha value is -0.260. The standard InChI is InChI=1S/C8H5BrClF3O/c9-7-4(3-14)1-2-5(10)6(7)8(11,12)13/h1-2,14H,3H2. The molecule has 1 aromatic rings. The van der Waals surface area contributed by atoms with Crippen molar-refractivity contribution in [2.24, 2.45) is 0 Å². The fourth-order valence-electron chi connectivity index (χ4n) is 0.978. The summed E-state index contributed by atoms with van der Waals surface area (Å²) in [5.74, 6) is 0. The molecule has 0 aromatic heterocycles. The van der Waals surface area contributed by atoms with E-state index in [1.807, 2.05) is 0 Å². The van der Waals surface area contributed by atoms with Crippen molar-refractivity contribution in [3.8, 4) is 0 Å². The summed E-state index contributed by atoms with van der Waals surface area (Å²) < 4.78 is 37.1. The molecule has 0 aliphatic heterocycles. The Morgan fingerprint density at radius 1 is 1.36 bits per heavy atom. The van der Waals surface area contributed by atoms with Gasteiger partial charge < -0.3 is 5.11 Å². The SMILES string of the molecule is OCc1ccc(Cl)c(C(F)(F)F)c1Br. The Morgan fingerprint density at radius 2 is 1.93 bits per heavy atom. The molecule has 14 heavy (non-hydrogen) atoms. The highest BCUT2D eigenvalue weighted by atomic mass is 79.9. The summed E-state index contributed by atoms with van der Waals surface area (Å²) in [7, 11) is 0. The number of aliphatic hydroxyl groups is 1. The van der Waals surface area contributed by atoms with E-state index in [1.54, 1.807) is 0 Å². The zero-order valence-corrected chi connectivity index (χ0v) is 9.04. The molecule has 6 heteroatoms. The summed E-state index contributed by atoms with van der Waals surface area (Å²) in [6, 6.07) is 2.45. The van der Waals surface area contributed by atoms with Crippen LogP contribution in [0, 0.1) is 0 Å². The molecular weight excluding hydrogens is 284 g/mol. The monoisotopic (exact) mass is 288 g/mol. The third kappa shape index (κ3) is 2.21. The second-order valence-electron chi connectivity index (χ2n) is 2.55. The maximum Gasteiger partial charge on any atom is 0.418 e. The highest BCUT2D eigenvalue weighted by Gasteiger charge is 2.36. The average molecular weight is 289 g/mol. The molecule has 0 amide bonds. The summed E-state index contributed by atoms with van der Waals surface area (Å²) in [6.45, 7) is -0.471. The molecule has 0 saturated heterocycles. The minimum absolute atomic E-state index is 0.154. The lowest BCUT2D eigenvalue weighted by molar-refractivity contribution is -0.138. The Morgan fingerprint density at radius 3 is 2.36 bits per heavy atom. The molecule has 0 radical (unpaired) electrons. The molecule has 0 aliphatic carbocycles. The minimum Gasteiger partial charge on any atom is -0.392 e. The van der Waals surface area contributed by atoms with Crippen LogP contribution >= 0.6 is 27.5 Å². The quantitative estimate of drug-likeness (QED) is 0.837. The Labute approximate surface area is 91.6 Å². The second kappa shape index (κ2) is 4.08. The number of alkyl halides is 3. The third-order valence-electron chi connectivity index (χ3n) is 1.62. The van der Waals surface area contributed by atoms with Crippen LogP contribution in [0.15, 0.2) is 16.6 Å². The van der Waals surface area contributed by atoms with Crippen molar-refractivity contribution in [3.63, 3.8) is 0 Å². The normalized spacial score (nSPS) is 11.9. The van der Waals surface area contributed by atoms with Gasteiger partial charge in [0.1, 0.15) is 0 Å². The van der Waals surface area contributed by atoms with Crippen LogP contribution in [0.25, 0.3) is 0 Å². The first-order valence-electron chi connectivity index (χ1n) is 3.53. The molecule has 0 aliphatic rings. The van der Waals surface area contributed by atoms with Crippen molar-refractivity contribution < 1.29 is 18.3 Å². The van der Waals surface area contributed by atoms with Gasteiger partial charge in [-0.1, -0.05) is 17.7 Å². The van der Waals surface area contributed by atoms with Crippen molar-refractivity contribution in [2.75, 3.05) is 0 Å². The number of benzene rings is 1. The Kier molecular flexibility index (Phi) is 3.44. The lowest BCUT2D eigenvalue weighted by Gasteiger charge is -2.13. The molecule has 0 fully saturated rings. The van der Waals surface area contributed by atoms with Crippen LogP contribution in [0.5, 0.6) is 0 Å². The lowest BCUT2D eigenvalue weighted by atomic mass is 10.1. The van der Waals surface area contributed by atoms with Crippen molar-refractivity contribution in [1.29, 1.82) is 0 Å². The van der Waals surface area contributed by atoms with E-state index in [-0.39, 0.29) is 15.1 Å². The molecule has 0 bridgehead atoms. The van der Waals surface area contributed by atoms with Crippen LogP contribution < -0.4 is 0 Å². The van der Waals surface area contributed by atoms with Crippen LogP contribution in [-0.4, -0.2) is 5.11 Å². The fourth-order valence-corrected chi connectivity index (χ4v) is 2.05. The van der Waals surface area contributed by atoms with Gasteiger partial charge in [0.15, 0.2) is 0 Å². The predicted molar refractivity (Wildman–Crippen MR) is 50.1 cm³/mol. The number of hydrogen-bond donors (Lipinski definition) is 1. The molecule has 0 heterocycles. The topological polar surface area (TPSA) is 20.2 Å². The highest BCUT2D eigenvalue weighted by molar-refractivity contribution is 9.10. The van der Waals surface area contributed by atoms with Gasteiger partial charge in [0.2, 0.25) is 0 Å². The summed E-state index contributed by atoms with van der Waals surface area (Å²) in [6.07, 6.45) is -4.53. The number of halogens is 5. The molecular formula is C8H5BrClF3O. The number of rotatable bonds is 1. The van der Waals surface area contributed by atoms with E-state index in [4.69, 9.17) is 16.7 Å². The molecule has 0 spiro atoms. The van der Waals surface area contributed by atoms with Crippen LogP contribution in [0.2, 0.25) is 5.02 Å². The van der Waals surface area contributed by atoms with Crippen LogP contribution in [-0.2, 0) is 12.8 Å². The maximum absolute atomic E-state index is 12.4. The molecule has 0 saturated carbocycles. The van der Waals surface area contributed by atoms with Gasteiger partial charge in [-0.05, 0) is 27.6 Å². The van der Waals surface area contributed by atoms with E-state index in [0.717, 1.165) is 6.07 Å². The first-order valence-corrected chi connectivity index (χ1v) is 4.70. The highest BCUT2D eigenvalue weighted by Crippen LogP contribution is 2.41. The maximum atomic E-state index is 12.4. The number of hydrogen-bond acceptors (Lipinski definition) is 1. The van der Waals surface area contributed by atoms with E-state index in [1.165, 1.54) is 6.07 Å². The summed E-state index contributed by atoms with van der Waals surface area (Å²) in [4.78, 5) is 0. The van der Waals surface area contributed by atoms with Crippen LogP contribution in [0.4, 0.5) is 13.2 Å². The minimum atomic E-state index is -4.53. The fraction of sp³-hybridized carbons (Fsp3) is 0.250. The number of aliphatic hydroxyl groups excluding tert-OH is 1. The average Bonchev–Trinajstić information content (AvgIpc) is 2.02. The van der Waals surface area contributed by atoms with Crippen molar-refractivity contribution in [3.05, 3.63) is 32.8 Å². The first-order chi connectivity index (χ1) is 6.38. The van der Waals surface area contributed by atoms with Gasteiger partial charge >= 0.3 is 6.18 Å². The Bertz CT molecular complexity index is 351. The van der Waals surface area contributed by atoms with Gasteiger partial charge in [-0.15, -0.1) is 0 Å². The largest absolute Gasteiger partial charge is 0.418 e. The van der Waals surface area contributed by atoms with E-state index in [9.17, 15) is 13.2 Å². The van der Waals surface area contributed by atoms with Gasteiger partial charge in [-0.25, -0.2) is 0 Å². The smallest absolute Gasteiger partial charge is 0.392 e. The van der Waals surface area contributed by atoms with Crippen molar-refractivity contribution >= 4 is 27.5 Å². The zero-order chi connectivity index (χ0) is 10.9. The van der Waals surface area contributed by atoms with Gasteiger partial charge in [0, 0.05) is 4.47 Å². The van der Waals surface area contributed by atoms with Gasteiger partial charge in [0.25, 0.3) is 0 Å². The van der Waals surface area contributed by atoms with Gasteiger partial charge in [0.05, 0.1) is 17.2 Å². The van der Waals surface area contributed by atoms with Crippen LogP contribution in [0.1, 0.15) is 11.1 Å². The lowest BCUT2D eigenvalue weighted by Crippen LogP contribution is -2.08. The van der Waals surface area contributed by atoms with Gasteiger partial charge in [-0.3, -0.25) is 0 Å². The molecule has 0 unspecified atom stereocenters.